The Bertz CT molecular complexity index is 391. The Kier molecular flexibility index (Phi) is 6.25. The molecule has 0 aliphatic heterocycles. The normalized spacial score (nSPS) is 19.6. The van der Waals surface area contributed by atoms with Crippen LogP contribution in [0.1, 0.15) is 57.9 Å². The first-order valence-electron chi connectivity index (χ1n) is 8.76. The molecule has 1 fully saturated rings. The highest BCUT2D eigenvalue weighted by Crippen LogP contribution is 2.32. The molecular weight excluding hydrogens is 256 g/mol. The van der Waals surface area contributed by atoms with E-state index in [-0.39, 0.29) is 5.54 Å². The van der Waals surface area contributed by atoms with Gasteiger partial charge in [0.2, 0.25) is 0 Å². The van der Waals surface area contributed by atoms with Gasteiger partial charge >= 0.3 is 0 Å². The molecule has 2 heteroatoms. The highest BCUT2D eigenvalue weighted by Gasteiger charge is 2.37. The first-order valence-corrected chi connectivity index (χ1v) is 8.76. The zero-order valence-electron chi connectivity index (χ0n) is 13.9. The Labute approximate surface area is 130 Å². The second-order valence-corrected chi connectivity index (χ2v) is 6.52. The molecule has 0 spiro atoms. The second-order valence-electron chi connectivity index (χ2n) is 6.52. The SMILES string of the molecule is CCN(C1CCCCC1)C(CC)(CN)Cc1ccccc1. The van der Waals surface area contributed by atoms with Gasteiger partial charge in [0.05, 0.1) is 0 Å². The fourth-order valence-electron chi connectivity index (χ4n) is 4.11. The van der Waals surface area contributed by atoms with E-state index in [2.05, 4.69) is 49.1 Å². The summed E-state index contributed by atoms with van der Waals surface area (Å²) in [5.41, 5.74) is 7.85. The maximum atomic E-state index is 6.31. The largest absolute Gasteiger partial charge is 0.329 e. The molecule has 2 rings (SSSR count). The summed E-state index contributed by atoms with van der Waals surface area (Å²) in [4.78, 5) is 2.74. The van der Waals surface area contributed by atoms with Crippen molar-refractivity contribution < 1.29 is 0 Å². The highest BCUT2D eigenvalue weighted by molar-refractivity contribution is 5.18. The molecule has 1 unspecified atom stereocenters. The van der Waals surface area contributed by atoms with E-state index in [0.29, 0.717) is 0 Å². The van der Waals surface area contributed by atoms with Crippen LogP contribution in [0.3, 0.4) is 0 Å². The van der Waals surface area contributed by atoms with E-state index >= 15 is 0 Å². The molecule has 1 aromatic rings. The number of nitrogens with zero attached hydrogens (tertiary/aromatic N) is 1. The monoisotopic (exact) mass is 288 g/mol. The van der Waals surface area contributed by atoms with E-state index in [9.17, 15) is 0 Å². The average molecular weight is 288 g/mol. The van der Waals surface area contributed by atoms with Gasteiger partial charge in [0.25, 0.3) is 0 Å². The van der Waals surface area contributed by atoms with Crippen LogP contribution >= 0.6 is 0 Å². The number of rotatable bonds is 7. The summed E-state index contributed by atoms with van der Waals surface area (Å²) in [7, 11) is 0. The summed E-state index contributed by atoms with van der Waals surface area (Å²) in [6, 6.07) is 11.6. The quantitative estimate of drug-likeness (QED) is 0.822. The summed E-state index contributed by atoms with van der Waals surface area (Å²) in [6.45, 7) is 6.48. The molecule has 0 saturated heterocycles. The molecule has 0 heterocycles. The zero-order valence-corrected chi connectivity index (χ0v) is 13.9. The molecule has 2 nitrogen and oxygen atoms in total. The Morgan fingerprint density at radius 3 is 2.29 bits per heavy atom. The summed E-state index contributed by atoms with van der Waals surface area (Å²) in [5, 5.41) is 0. The lowest BCUT2D eigenvalue weighted by Crippen LogP contribution is -2.59. The molecule has 0 amide bonds. The van der Waals surface area contributed by atoms with Gasteiger partial charge < -0.3 is 5.73 Å². The van der Waals surface area contributed by atoms with E-state index < -0.39 is 0 Å². The van der Waals surface area contributed by atoms with Gasteiger partial charge in [-0.2, -0.15) is 0 Å². The summed E-state index contributed by atoms with van der Waals surface area (Å²) in [5.74, 6) is 0. The third kappa shape index (κ3) is 3.87. The van der Waals surface area contributed by atoms with Crippen LogP contribution in [0.25, 0.3) is 0 Å². The molecule has 118 valence electrons. The van der Waals surface area contributed by atoms with Gasteiger partial charge in [0, 0.05) is 18.1 Å². The van der Waals surface area contributed by atoms with Crippen molar-refractivity contribution in [2.45, 2.75) is 70.4 Å². The first kappa shape index (κ1) is 16.5. The number of nitrogens with two attached hydrogens (primary N) is 1. The van der Waals surface area contributed by atoms with E-state index in [1.807, 2.05) is 0 Å². The van der Waals surface area contributed by atoms with Crippen LogP contribution in [-0.4, -0.2) is 29.6 Å². The van der Waals surface area contributed by atoms with Gasteiger partial charge in [0.15, 0.2) is 0 Å². The smallest absolute Gasteiger partial charge is 0.0372 e. The van der Waals surface area contributed by atoms with Crippen molar-refractivity contribution in [2.24, 2.45) is 5.73 Å². The molecule has 1 saturated carbocycles. The summed E-state index contributed by atoms with van der Waals surface area (Å²) in [6.07, 6.45) is 9.09. The van der Waals surface area contributed by atoms with Gasteiger partial charge in [-0.15, -0.1) is 0 Å². The van der Waals surface area contributed by atoms with E-state index in [1.54, 1.807) is 0 Å². The predicted octanol–water partition coefficient (Wildman–Crippen LogP) is 3.99. The van der Waals surface area contributed by atoms with Crippen molar-refractivity contribution >= 4 is 0 Å². The highest BCUT2D eigenvalue weighted by atomic mass is 15.2. The van der Waals surface area contributed by atoms with Crippen LogP contribution in [0.2, 0.25) is 0 Å². The molecule has 1 aliphatic rings. The van der Waals surface area contributed by atoms with Crippen molar-refractivity contribution in [3.05, 3.63) is 35.9 Å². The molecular formula is C19H32N2. The van der Waals surface area contributed by atoms with E-state index in [1.165, 1.54) is 37.7 Å². The Morgan fingerprint density at radius 1 is 1.10 bits per heavy atom. The summed E-state index contributed by atoms with van der Waals surface area (Å²) < 4.78 is 0. The van der Waals surface area contributed by atoms with Gasteiger partial charge in [-0.1, -0.05) is 63.4 Å². The Morgan fingerprint density at radius 2 is 1.76 bits per heavy atom. The zero-order chi connectivity index (χ0) is 15.1. The third-order valence-corrected chi connectivity index (χ3v) is 5.38. The van der Waals surface area contributed by atoms with Crippen molar-refractivity contribution in [2.75, 3.05) is 13.1 Å². The van der Waals surface area contributed by atoms with Gasteiger partial charge in [-0.25, -0.2) is 0 Å². The fourth-order valence-corrected chi connectivity index (χ4v) is 4.11. The van der Waals surface area contributed by atoms with Gasteiger partial charge in [-0.3, -0.25) is 4.90 Å². The standard InChI is InChI=1S/C19H32N2/c1-3-19(16-20,15-17-11-7-5-8-12-17)21(4-2)18-13-9-6-10-14-18/h5,7-8,11-12,18H,3-4,6,9-10,13-16,20H2,1-2H3. The fraction of sp³-hybridized carbons (Fsp3) is 0.684. The lowest BCUT2D eigenvalue weighted by Gasteiger charge is -2.48. The minimum atomic E-state index is 0.123. The summed E-state index contributed by atoms with van der Waals surface area (Å²) >= 11 is 0. The maximum absolute atomic E-state index is 6.31. The lowest BCUT2D eigenvalue weighted by atomic mass is 9.82. The molecule has 1 aliphatic carbocycles. The van der Waals surface area contributed by atoms with Crippen LogP contribution in [0, 0.1) is 0 Å². The topological polar surface area (TPSA) is 29.3 Å². The van der Waals surface area contributed by atoms with Crippen LogP contribution < -0.4 is 5.73 Å². The minimum Gasteiger partial charge on any atom is -0.329 e. The van der Waals surface area contributed by atoms with Crippen LogP contribution in [0.5, 0.6) is 0 Å². The Hall–Kier alpha value is -0.860. The number of likely N-dealkylation sites (N-methyl/N-ethyl adjacent to an activating group) is 1. The predicted molar refractivity (Wildman–Crippen MR) is 91.5 cm³/mol. The van der Waals surface area contributed by atoms with Crippen LogP contribution in [0.15, 0.2) is 30.3 Å². The maximum Gasteiger partial charge on any atom is 0.0372 e. The van der Waals surface area contributed by atoms with Crippen molar-refractivity contribution in [1.82, 2.24) is 4.90 Å². The number of hydrogen-bond acceptors (Lipinski definition) is 2. The van der Waals surface area contributed by atoms with E-state index in [0.717, 1.165) is 32.0 Å². The second kappa shape index (κ2) is 7.95. The third-order valence-electron chi connectivity index (χ3n) is 5.38. The lowest BCUT2D eigenvalue weighted by molar-refractivity contribution is 0.0318. The average Bonchev–Trinajstić information content (AvgIpc) is 2.56. The molecule has 21 heavy (non-hydrogen) atoms. The first-order chi connectivity index (χ1) is 10.3. The molecule has 0 radical (unpaired) electrons. The Balaban J connectivity index is 2.21. The molecule has 1 atom stereocenters. The van der Waals surface area contributed by atoms with Crippen molar-refractivity contribution in [3.8, 4) is 0 Å². The minimum absolute atomic E-state index is 0.123. The van der Waals surface area contributed by atoms with Gasteiger partial charge in [0.1, 0.15) is 0 Å². The van der Waals surface area contributed by atoms with Gasteiger partial charge in [-0.05, 0) is 37.8 Å². The molecule has 2 N–H and O–H groups in total. The number of benzene rings is 1. The van der Waals surface area contributed by atoms with Crippen molar-refractivity contribution in [3.63, 3.8) is 0 Å². The van der Waals surface area contributed by atoms with E-state index in [4.69, 9.17) is 5.73 Å². The molecule has 0 bridgehead atoms. The molecule has 1 aromatic carbocycles. The van der Waals surface area contributed by atoms with Crippen LogP contribution in [0.4, 0.5) is 0 Å². The number of hydrogen-bond donors (Lipinski definition) is 1. The van der Waals surface area contributed by atoms with Crippen molar-refractivity contribution in [1.29, 1.82) is 0 Å². The van der Waals surface area contributed by atoms with Crippen LogP contribution in [-0.2, 0) is 6.42 Å². The molecule has 0 aromatic heterocycles.